The first-order valence-electron chi connectivity index (χ1n) is 14.7. The van der Waals surface area contributed by atoms with Gasteiger partial charge in [-0.05, 0) is 88.7 Å². The molecule has 0 saturated carbocycles. The fourth-order valence-electron chi connectivity index (χ4n) is 6.46. The summed E-state index contributed by atoms with van der Waals surface area (Å²) >= 11 is 0. The molecule has 1 atom stereocenters. The summed E-state index contributed by atoms with van der Waals surface area (Å²) in [7, 11) is 0. The van der Waals surface area contributed by atoms with Crippen LogP contribution in [0.4, 0.5) is 10.5 Å². The standard InChI is InChI=1S/C33H43N3O4/c1-32(2,3)40-31(39)36-24-33(27-11-7-8-12-28(27)36)17-21-34(22-18-33)23-29(37)26-15-19-35(20-16-26)30(38)14-13-25-9-5-4-6-10-25/h4-14,26,29,37H,15-24H2,1-3H3/b14-13+. The molecule has 2 amide bonds. The number of anilines is 1. The molecule has 214 valence electrons. The first-order valence-corrected chi connectivity index (χ1v) is 14.7. The van der Waals surface area contributed by atoms with Crippen molar-refractivity contribution in [1.29, 1.82) is 0 Å². The van der Waals surface area contributed by atoms with Crippen LogP contribution in [-0.4, -0.2) is 77.9 Å². The summed E-state index contributed by atoms with van der Waals surface area (Å²) in [4.78, 5) is 31.8. The zero-order valence-corrected chi connectivity index (χ0v) is 24.1. The van der Waals surface area contributed by atoms with Gasteiger partial charge in [0.15, 0.2) is 0 Å². The molecule has 7 heteroatoms. The summed E-state index contributed by atoms with van der Waals surface area (Å²) in [6.07, 6.45) is 6.36. The number of ether oxygens (including phenoxy) is 1. The van der Waals surface area contributed by atoms with E-state index in [1.165, 1.54) is 5.56 Å². The van der Waals surface area contributed by atoms with Crippen LogP contribution < -0.4 is 4.90 Å². The zero-order valence-electron chi connectivity index (χ0n) is 24.1. The number of para-hydroxylation sites is 1. The van der Waals surface area contributed by atoms with Crippen molar-refractivity contribution in [3.05, 3.63) is 71.8 Å². The highest BCUT2D eigenvalue weighted by atomic mass is 16.6. The lowest BCUT2D eigenvalue weighted by molar-refractivity contribution is -0.128. The Hall–Kier alpha value is -3.16. The third-order valence-corrected chi connectivity index (χ3v) is 8.71. The van der Waals surface area contributed by atoms with Gasteiger partial charge in [-0.25, -0.2) is 4.79 Å². The van der Waals surface area contributed by atoms with Crippen molar-refractivity contribution in [2.75, 3.05) is 44.2 Å². The van der Waals surface area contributed by atoms with Crippen molar-refractivity contribution in [3.63, 3.8) is 0 Å². The van der Waals surface area contributed by atoms with Gasteiger partial charge in [0.2, 0.25) is 5.91 Å². The number of carbonyl (C=O) groups excluding carboxylic acids is 2. The van der Waals surface area contributed by atoms with E-state index in [1.54, 1.807) is 6.08 Å². The summed E-state index contributed by atoms with van der Waals surface area (Å²) in [5.74, 6) is 0.239. The van der Waals surface area contributed by atoms with E-state index in [4.69, 9.17) is 4.74 Å². The lowest BCUT2D eigenvalue weighted by Gasteiger charge is -2.42. The van der Waals surface area contributed by atoms with Crippen LogP contribution in [0.3, 0.4) is 0 Å². The van der Waals surface area contributed by atoms with E-state index in [1.807, 2.05) is 79.1 Å². The Balaban J connectivity index is 1.12. The Morgan fingerprint density at radius 3 is 2.33 bits per heavy atom. The molecule has 2 aromatic rings. The molecule has 1 spiro atoms. The first kappa shape index (κ1) is 28.4. The Kier molecular flexibility index (Phi) is 8.34. The van der Waals surface area contributed by atoms with Gasteiger partial charge in [0.05, 0.1) is 11.8 Å². The van der Waals surface area contributed by atoms with Gasteiger partial charge in [0, 0.05) is 37.7 Å². The summed E-state index contributed by atoms with van der Waals surface area (Å²) < 4.78 is 5.72. The van der Waals surface area contributed by atoms with Crippen LogP contribution in [0.2, 0.25) is 0 Å². The Morgan fingerprint density at radius 2 is 1.65 bits per heavy atom. The van der Waals surface area contributed by atoms with Crippen LogP contribution in [-0.2, 0) is 14.9 Å². The van der Waals surface area contributed by atoms with E-state index in [0.29, 0.717) is 26.2 Å². The number of aliphatic hydroxyl groups excluding tert-OH is 1. The molecule has 2 saturated heterocycles. The molecule has 2 fully saturated rings. The van der Waals surface area contributed by atoms with Gasteiger partial charge in [-0.15, -0.1) is 0 Å². The van der Waals surface area contributed by atoms with Gasteiger partial charge in [0.25, 0.3) is 0 Å². The molecule has 3 aliphatic rings. The number of hydrogen-bond acceptors (Lipinski definition) is 5. The molecule has 40 heavy (non-hydrogen) atoms. The van der Waals surface area contributed by atoms with Crippen molar-refractivity contribution in [3.8, 4) is 0 Å². The van der Waals surface area contributed by atoms with E-state index in [0.717, 1.165) is 50.0 Å². The second kappa shape index (κ2) is 11.8. The van der Waals surface area contributed by atoms with Crippen LogP contribution >= 0.6 is 0 Å². The Labute approximate surface area is 238 Å². The molecule has 3 aliphatic heterocycles. The van der Waals surface area contributed by atoms with E-state index in [2.05, 4.69) is 17.0 Å². The smallest absolute Gasteiger partial charge is 0.414 e. The highest BCUT2D eigenvalue weighted by molar-refractivity contribution is 5.92. The third kappa shape index (κ3) is 6.42. The molecular formula is C33H43N3O4. The molecule has 0 bridgehead atoms. The Morgan fingerprint density at radius 1 is 1.00 bits per heavy atom. The number of amides is 2. The molecule has 1 N–H and O–H groups in total. The number of benzene rings is 2. The summed E-state index contributed by atoms with van der Waals surface area (Å²) in [6, 6.07) is 18.1. The van der Waals surface area contributed by atoms with Gasteiger partial charge in [0.1, 0.15) is 5.60 Å². The average Bonchev–Trinajstić information content (AvgIpc) is 3.27. The largest absolute Gasteiger partial charge is 0.443 e. The fourth-order valence-corrected chi connectivity index (χ4v) is 6.46. The second-order valence-corrected chi connectivity index (χ2v) is 12.6. The number of nitrogens with zero attached hydrogens (tertiary/aromatic N) is 3. The highest BCUT2D eigenvalue weighted by Crippen LogP contribution is 2.47. The fraction of sp³-hybridized carbons (Fsp3) is 0.515. The molecule has 3 heterocycles. The molecule has 0 aromatic heterocycles. The molecule has 0 radical (unpaired) electrons. The van der Waals surface area contributed by atoms with Crippen LogP contribution in [0.5, 0.6) is 0 Å². The molecule has 1 unspecified atom stereocenters. The van der Waals surface area contributed by atoms with Crippen molar-refractivity contribution < 1.29 is 19.4 Å². The maximum absolute atomic E-state index is 13.0. The second-order valence-electron chi connectivity index (χ2n) is 12.6. The van der Waals surface area contributed by atoms with Crippen LogP contribution in [0.1, 0.15) is 57.6 Å². The highest BCUT2D eigenvalue weighted by Gasteiger charge is 2.47. The lowest BCUT2D eigenvalue weighted by Crippen LogP contribution is -2.49. The SMILES string of the molecule is CC(C)(C)OC(=O)N1CC2(CCN(CC(O)C3CCN(C(=O)/C=C/c4ccccc4)CC3)CC2)c2ccccc21. The third-order valence-electron chi connectivity index (χ3n) is 8.71. The quantitative estimate of drug-likeness (QED) is 0.530. The summed E-state index contributed by atoms with van der Waals surface area (Å²) in [5.41, 5.74) is 2.60. The number of β-amino-alcohol motifs (C(OH)–C–C–N with tert-alkyl or cyclic N) is 1. The van der Waals surface area contributed by atoms with E-state index in [9.17, 15) is 14.7 Å². The molecular weight excluding hydrogens is 502 g/mol. The van der Waals surface area contributed by atoms with Gasteiger partial charge in [-0.3, -0.25) is 9.69 Å². The number of rotatable bonds is 5. The van der Waals surface area contributed by atoms with Gasteiger partial charge >= 0.3 is 6.09 Å². The first-order chi connectivity index (χ1) is 19.1. The van der Waals surface area contributed by atoms with Gasteiger partial charge in [-0.2, -0.15) is 0 Å². The van der Waals surface area contributed by atoms with Gasteiger partial charge < -0.3 is 19.6 Å². The minimum absolute atomic E-state index is 0.0374. The number of carbonyl (C=O) groups is 2. The van der Waals surface area contributed by atoms with Crippen LogP contribution in [0, 0.1) is 5.92 Å². The predicted octanol–water partition coefficient (Wildman–Crippen LogP) is 5.09. The van der Waals surface area contributed by atoms with E-state index < -0.39 is 11.7 Å². The summed E-state index contributed by atoms with van der Waals surface area (Å²) in [6.45, 7) is 10.1. The van der Waals surface area contributed by atoms with Crippen molar-refractivity contribution in [2.45, 2.75) is 63.6 Å². The number of aliphatic hydroxyl groups is 1. The maximum Gasteiger partial charge on any atom is 0.414 e. The van der Waals surface area contributed by atoms with E-state index in [-0.39, 0.29) is 23.3 Å². The topological polar surface area (TPSA) is 73.3 Å². The van der Waals surface area contributed by atoms with Crippen molar-refractivity contribution in [2.24, 2.45) is 5.92 Å². The number of likely N-dealkylation sites (tertiary alicyclic amines) is 2. The molecule has 7 nitrogen and oxygen atoms in total. The molecule has 2 aromatic carbocycles. The number of piperidine rings is 2. The minimum Gasteiger partial charge on any atom is -0.443 e. The lowest BCUT2D eigenvalue weighted by atomic mass is 9.74. The normalized spacial score (nSPS) is 20.6. The maximum atomic E-state index is 13.0. The molecule has 5 rings (SSSR count). The van der Waals surface area contributed by atoms with Crippen LogP contribution in [0.25, 0.3) is 6.08 Å². The van der Waals surface area contributed by atoms with Crippen LogP contribution in [0.15, 0.2) is 60.7 Å². The monoisotopic (exact) mass is 545 g/mol. The van der Waals surface area contributed by atoms with E-state index >= 15 is 0 Å². The average molecular weight is 546 g/mol. The Bertz CT molecular complexity index is 1210. The minimum atomic E-state index is -0.538. The summed E-state index contributed by atoms with van der Waals surface area (Å²) in [5, 5.41) is 11.1. The van der Waals surface area contributed by atoms with Crippen molar-refractivity contribution in [1.82, 2.24) is 9.80 Å². The van der Waals surface area contributed by atoms with Crippen molar-refractivity contribution >= 4 is 23.8 Å². The van der Waals surface area contributed by atoms with Gasteiger partial charge in [-0.1, -0.05) is 48.5 Å². The number of hydrogen-bond donors (Lipinski definition) is 1. The predicted molar refractivity (Wildman–Crippen MR) is 158 cm³/mol. The number of fused-ring (bicyclic) bond motifs is 2. The zero-order chi connectivity index (χ0) is 28.3. The molecule has 0 aliphatic carbocycles.